The summed E-state index contributed by atoms with van der Waals surface area (Å²) in [6, 6.07) is 15.5. The molecular weight excluding hydrogens is 378 g/mol. The molecule has 0 aliphatic carbocycles. The molecule has 5 aromatic rings. The zero-order valence-corrected chi connectivity index (χ0v) is 15.0. The minimum atomic E-state index is -0.519. The van der Waals surface area contributed by atoms with Gasteiger partial charge in [-0.3, -0.25) is 14.7 Å². The number of aromatic nitrogens is 3. The highest BCUT2D eigenvalue weighted by Gasteiger charge is 2.15. The number of rotatable bonds is 2. The van der Waals surface area contributed by atoms with Crippen molar-refractivity contribution in [1.29, 1.82) is 0 Å². The Morgan fingerprint density at radius 3 is 2.57 bits per heavy atom. The standard InChI is InChI=1S/C20H11N3O4S/c24-17-12-6-2-3-7-13(12)18(25)23(22-17)20-21-15(10-28-20)14-9-11-5-1-4-8-16(11)27-19(14)26/h1-10H,(H,22,24). The van der Waals surface area contributed by atoms with E-state index in [0.29, 0.717) is 22.0 Å². The summed E-state index contributed by atoms with van der Waals surface area (Å²) in [4.78, 5) is 41.8. The number of benzene rings is 2. The molecule has 8 heteroatoms. The molecule has 28 heavy (non-hydrogen) atoms. The van der Waals surface area contributed by atoms with E-state index in [0.717, 1.165) is 21.4 Å². The molecule has 0 aliphatic heterocycles. The molecule has 1 N–H and O–H groups in total. The van der Waals surface area contributed by atoms with Gasteiger partial charge in [-0.15, -0.1) is 11.3 Å². The number of nitrogens with zero attached hydrogens (tertiary/aromatic N) is 2. The SMILES string of the molecule is O=c1oc2ccccc2cc1-c1csc(-n2[nH]c(=O)c3ccccc3c2=O)n1. The van der Waals surface area contributed by atoms with Gasteiger partial charge in [0, 0.05) is 10.8 Å². The van der Waals surface area contributed by atoms with E-state index < -0.39 is 11.2 Å². The van der Waals surface area contributed by atoms with Crippen LogP contribution in [-0.2, 0) is 0 Å². The lowest BCUT2D eigenvalue weighted by atomic mass is 10.1. The predicted octanol–water partition coefficient (Wildman–Crippen LogP) is 2.91. The third-order valence-electron chi connectivity index (χ3n) is 4.42. The molecule has 136 valence electrons. The van der Waals surface area contributed by atoms with E-state index in [1.807, 2.05) is 12.1 Å². The van der Waals surface area contributed by atoms with Crippen molar-refractivity contribution >= 4 is 33.1 Å². The summed E-state index contributed by atoms with van der Waals surface area (Å²) in [5.41, 5.74) is -0.145. The summed E-state index contributed by atoms with van der Waals surface area (Å²) in [6.07, 6.45) is 0. The first-order chi connectivity index (χ1) is 13.6. The van der Waals surface area contributed by atoms with Crippen LogP contribution in [-0.4, -0.2) is 14.8 Å². The summed E-state index contributed by atoms with van der Waals surface area (Å²) in [5, 5.41) is 5.83. The van der Waals surface area contributed by atoms with Gasteiger partial charge in [-0.2, -0.15) is 4.68 Å². The van der Waals surface area contributed by atoms with Crippen molar-refractivity contribution in [3.8, 4) is 16.4 Å². The molecule has 0 atom stereocenters. The van der Waals surface area contributed by atoms with E-state index in [-0.39, 0.29) is 16.3 Å². The molecule has 0 saturated carbocycles. The van der Waals surface area contributed by atoms with Crippen LogP contribution < -0.4 is 16.7 Å². The molecule has 0 spiro atoms. The van der Waals surface area contributed by atoms with Crippen LogP contribution in [0.5, 0.6) is 0 Å². The van der Waals surface area contributed by atoms with E-state index in [4.69, 9.17) is 4.42 Å². The third-order valence-corrected chi connectivity index (χ3v) is 5.25. The van der Waals surface area contributed by atoms with Gasteiger partial charge in [0.05, 0.1) is 22.0 Å². The van der Waals surface area contributed by atoms with Crippen LogP contribution in [0.1, 0.15) is 0 Å². The Balaban J connectivity index is 1.69. The van der Waals surface area contributed by atoms with Crippen LogP contribution in [0.4, 0.5) is 0 Å². The Labute approximate surface area is 160 Å². The van der Waals surface area contributed by atoms with Gasteiger partial charge in [0.15, 0.2) is 0 Å². The normalized spacial score (nSPS) is 11.3. The van der Waals surface area contributed by atoms with Crippen molar-refractivity contribution in [2.75, 3.05) is 0 Å². The van der Waals surface area contributed by atoms with Crippen LogP contribution >= 0.6 is 11.3 Å². The number of H-pyrrole nitrogens is 1. The number of hydrogen-bond acceptors (Lipinski definition) is 6. The molecule has 0 saturated heterocycles. The summed E-state index contributed by atoms with van der Waals surface area (Å²) in [7, 11) is 0. The molecule has 2 aromatic carbocycles. The fourth-order valence-corrected chi connectivity index (χ4v) is 3.85. The van der Waals surface area contributed by atoms with Gasteiger partial charge >= 0.3 is 5.63 Å². The second kappa shape index (κ2) is 6.14. The van der Waals surface area contributed by atoms with Gasteiger partial charge < -0.3 is 4.42 Å². The highest BCUT2D eigenvalue weighted by molar-refractivity contribution is 7.12. The number of para-hydroxylation sites is 1. The minimum absolute atomic E-state index is 0.260. The van der Waals surface area contributed by atoms with Crippen molar-refractivity contribution < 1.29 is 4.42 Å². The molecule has 0 fully saturated rings. The quantitative estimate of drug-likeness (QED) is 0.468. The summed E-state index contributed by atoms with van der Waals surface area (Å²) in [6.45, 7) is 0. The van der Waals surface area contributed by atoms with Gasteiger partial charge in [0.2, 0.25) is 5.13 Å². The molecule has 5 rings (SSSR count). The largest absolute Gasteiger partial charge is 0.422 e. The number of aromatic amines is 1. The predicted molar refractivity (Wildman–Crippen MR) is 107 cm³/mol. The number of thiazole rings is 1. The van der Waals surface area contributed by atoms with Crippen LogP contribution in [0.2, 0.25) is 0 Å². The van der Waals surface area contributed by atoms with Crippen LogP contribution in [0.3, 0.4) is 0 Å². The van der Waals surface area contributed by atoms with E-state index >= 15 is 0 Å². The van der Waals surface area contributed by atoms with Gasteiger partial charge in [-0.05, 0) is 24.3 Å². The van der Waals surface area contributed by atoms with Gasteiger partial charge in [0.1, 0.15) is 5.58 Å². The van der Waals surface area contributed by atoms with Crippen molar-refractivity contribution in [1.82, 2.24) is 14.8 Å². The topological polar surface area (TPSA) is 98.0 Å². The molecule has 3 heterocycles. The highest BCUT2D eigenvalue weighted by atomic mass is 32.1. The van der Waals surface area contributed by atoms with E-state index in [1.165, 1.54) is 0 Å². The molecule has 0 aliphatic rings. The van der Waals surface area contributed by atoms with Gasteiger partial charge in [-0.25, -0.2) is 9.78 Å². The average molecular weight is 389 g/mol. The van der Waals surface area contributed by atoms with Crippen LogP contribution in [0, 0.1) is 0 Å². The van der Waals surface area contributed by atoms with Crippen molar-refractivity contribution in [3.63, 3.8) is 0 Å². The highest BCUT2D eigenvalue weighted by Crippen LogP contribution is 2.24. The Bertz CT molecular complexity index is 1540. The summed E-state index contributed by atoms with van der Waals surface area (Å²) in [5.74, 6) is 0. The zero-order valence-electron chi connectivity index (χ0n) is 14.2. The second-order valence-corrected chi connectivity index (χ2v) is 6.96. The maximum atomic E-state index is 12.7. The Morgan fingerprint density at radius 1 is 0.964 bits per heavy atom. The van der Waals surface area contributed by atoms with E-state index in [2.05, 4.69) is 10.1 Å². The smallest absolute Gasteiger partial charge is 0.345 e. The van der Waals surface area contributed by atoms with Crippen molar-refractivity contribution in [2.24, 2.45) is 0 Å². The number of hydrogen-bond donors (Lipinski definition) is 1. The Kier molecular flexibility index (Phi) is 3.59. The number of nitrogens with one attached hydrogen (secondary N) is 1. The van der Waals surface area contributed by atoms with E-state index in [9.17, 15) is 14.4 Å². The Morgan fingerprint density at radius 2 is 1.71 bits per heavy atom. The van der Waals surface area contributed by atoms with Crippen LogP contribution in [0.15, 0.2) is 78.8 Å². The molecule has 0 radical (unpaired) electrons. The number of fused-ring (bicyclic) bond motifs is 2. The monoisotopic (exact) mass is 389 g/mol. The van der Waals surface area contributed by atoms with Crippen LogP contribution in [0.25, 0.3) is 38.1 Å². The first-order valence-corrected chi connectivity index (χ1v) is 9.23. The molecule has 7 nitrogen and oxygen atoms in total. The van der Waals surface area contributed by atoms with Crippen molar-refractivity contribution in [3.05, 3.63) is 91.1 Å². The Hall–Kier alpha value is -3.78. The average Bonchev–Trinajstić information content (AvgIpc) is 3.20. The van der Waals surface area contributed by atoms with E-state index in [1.54, 1.807) is 47.8 Å². The lowest BCUT2D eigenvalue weighted by molar-refractivity contribution is 0.563. The van der Waals surface area contributed by atoms with Gasteiger partial charge in [0.25, 0.3) is 11.1 Å². The lowest BCUT2D eigenvalue weighted by Crippen LogP contribution is -2.28. The fourth-order valence-electron chi connectivity index (χ4n) is 3.07. The third kappa shape index (κ3) is 2.50. The molecule has 3 aromatic heterocycles. The lowest BCUT2D eigenvalue weighted by Gasteiger charge is -2.03. The maximum absolute atomic E-state index is 12.7. The second-order valence-electron chi connectivity index (χ2n) is 6.13. The molecular formula is C20H11N3O4S. The summed E-state index contributed by atoms with van der Waals surface area (Å²) >= 11 is 1.14. The molecule has 0 unspecified atom stereocenters. The molecule has 0 bridgehead atoms. The van der Waals surface area contributed by atoms with Gasteiger partial charge in [-0.1, -0.05) is 30.3 Å². The molecule has 0 amide bonds. The summed E-state index contributed by atoms with van der Waals surface area (Å²) < 4.78 is 6.44. The zero-order chi connectivity index (χ0) is 19.3. The first-order valence-electron chi connectivity index (χ1n) is 8.35. The first kappa shape index (κ1) is 16.4. The maximum Gasteiger partial charge on any atom is 0.345 e. The van der Waals surface area contributed by atoms with Crippen molar-refractivity contribution in [2.45, 2.75) is 0 Å². The fraction of sp³-hybridized carbons (Fsp3) is 0. The minimum Gasteiger partial charge on any atom is -0.422 e.